The van der Waals surface area contributed by atoms with Crippen LogP contribution in [-0.2, 0) is 9.59 Å². The second-order valence-electron chi connectivity index (χ2n) is 4.04. The molecule has 2 fully saturated rings. The van der Waals surface area contributed by atoms with E-state index in [-0.39, 0.29) is 24.2 Å². The molecule has 2 aliphatic rings. The zero-order chi connectivity index (χ0) is 11.8. The highest BCUT2D eigenvalue weighted by molar-refractivity contribution is 6.27. The van der Waals surface area contributed by atoms with Crippen LogP contribution in [0, 0.1) is 0 Å². The van der Waals surface area contributed by atoms with E-state index in [1.165, 1.54) is 4.90 Å². The van der Waals surface area contributed by atoms with Crippen LogP contribution in [0.2, 0.25) is 0 Å². The Morgan fingerprint density at radius 3 is 2.81 bits per heavy atom. The second-order valence-corrected chi connectivity index (χ2v) is 4.31. The van der Waals surface area contributed by atoms with Gasteiger partial charge >= 0.3 is 6.03 Å². The van der Waals surface area contributed by atoms with Gasteiger partial charge in [-0.15, -0.1) is 11.6 Å². The van der Waals surface area contributed by atoms with Crippen LogP contribution in [0.25, 0.3) is 0 Å². The molecule has 0 radical (unpaired) electrons. The number of hydrogen-bond donors (Lipinski definition) is 2. The van der Waals surface area contributed by atoms with Crippen LogP contribution in [0.5, 0.6) is 0 Å². The summed E-state index contributed by atoms with van der Waals surface area (Å²) in [7, 11) is 0. The molecule has 88 valence electrons. The summed E-state index contributed by atoms with van der Waals surface area (Å²) in [5.41, 5.74) is -0.947. The highest BCUT2D eigenvalue weighted by atomic mass is 35.5. The number of piperidine rings is 1. The van der Waals surface area contributed by atoms with E-state index in [4.69, 9.17) is 11.6 Å². The zero-order valence-electron chi connectivity index (χ0n) is 8.59. The number of hydrogen-bond acceptors (Lipinski definition) is 3. The van der Waals surface area contributed by atoms with Crippen molar-refractivity contribution < 1.29 is 14.4 Å². The SMILES string of the molecule is O=C1NC(=O)C2(CCCN(C(=O)CCl)C2)N1. The van der Waals surface area contributed by atoms with Gasteiger partial charge in [0.1, 0.15) is 11.4 Å². The summed E-state index contributed by atoms with van der Waals surface area (Å²) in [5.74, 6) is -0.676. The fraction of sp³-hybridized carbons (Fsp3) is 0.667. The van der Waals surface area contributed by atoms with Gasteiger partial charge in [-0.2, -0.15) is 0 Å². The number of halogens is 1. The molecule has 1 atom stereocenters. The normalized spacial score (nSPS) is 29.2. The van der Waals surface area contributed by atoms with Crippen molar-refractivity contribution in [1.29, 1.82) is 0 Å². The Bertz CT molecular complexity index is 360. The second kappa shape index (κ2) is 3.93. The number of rotatable bonds is 1. The van der Waals surface area contributed by atoms with Gasteiger partial charge in [0.2, 0.25) is 5.91 Å². The smallest absolute Gasteiger partial charge is 0.322 e. The van der Waals surface area contributed by atoms with Crippen LogP contribution in [0.3, 0.4) is 0 Å². The van der Waals surface area contributed by atoms with Crippen LogP contribution in [0.15, 0.2) is 0 Å². The topological polar surface area (TPSA) is 78.5 Å². The van der Waals surface area contributed by atoms with Gasteiger partial charge in [0.15, 0.2) is 0 Å². The Balaban J connectivity index is 2.15. The molecule has 0 aromatic carbocycles. The number of amides is 4. The number of carbonyl (C=O) groups is 3. The highest BCUT2D eigenvalue weighted by Gasteiger charge is 2.49. The molecule has 0 aromatic heterocycles. The van der Waals surface area contributed by atoms with E-state index in [0.717, 1.165) is 0 Å². The third kappa shape index (κ3) is 1.73. The molecule has 2 heterocycles. The molecule has 7 heteroatoms. The predicted octanol–water partition coefficient (Wildman–Crippen LogP) is -0.574. The molecule has 0 aliphatic carbocycles. The Morgan fingerprint density at radius 2 is 2.25 bits per heavy atom. The summed E-state index contributed by atoms with van der Waals surface area (Å²) in [4.78, 5) is 35.7. The molecule has 4 amide bonds. The number of carbonyl (C=O) groups excluding carboxylic acids is 3. The summed E-state index contributed by atoms with van der Waals surface area (Å²) >= 11 is 5.47. The van der Waals surface area contributed by atoms with Crippen molar-refractivity contribution in [2.45, 2.75) is 18.4 Å². The molecule has 6 nitrogen and oxygen atoms in total. The van der Waals surface area contributed by atoms with Crippen molar-refractivity contribution in [2.24, 2.45) is 0 Å². The fourth-order valence-corrected chi connectivity index (χ4v) is 2.34. The monoisotopic (exact) mass is 245 g/mol. The van der Waals surface area contributed by atoms with Gasteiger partial charge in [0, 0.05) is 6.54 Å². The molecule has 2 aliphatic heterocycles. The van der Waals surface area contributed by atoms with Gasteiger partial charge in [0.05, 0.1) is 6.54 Å². The largest absolute Gasteiger partial charge is 0.339 e. The van der Waals surface area contributed by atoms with Gasteiger partial charge in [-0.05, 0) is 12.8 Å². The maximum Gasteiger partial charge on any atom is 0.322 e. The van der Waals surface area contributed by atoms with Gasteiger partial charge in [-0.1, -0.05) is 0 Å². The van der Waals surface area contributed by atoms with Crippen LogP contribution in [-0.4, -0.2) is 47.3 Å². The highest BCUT2D eigenvalue weighted by Crippen LogP contribution is 2.24. The number of likely N-dealkylation sites (tertiary alicyclic amines) is 1. The molecule has 0 bridgehead atoms. The fourth-order valence-electron chi connectivity index (χ4n) is 2.17. The van der Waals surface area contributed by atoms with Crippen LogP contribution < -0.4 is 10.6 Å². The molecule has 2 N–H and O–H groups in total. The summed E-state index contributed by atoms with van der Waals surface area (Å²) < 4.78 is 0. The van der Waals surface area contributed by atoms with E-state index >= 15 is 0 Å². The lowest BCUT2D eigenvalue weighted by atomic mass is 9.89. The van der Waals surface area contributed by atoms with Crippen molar-refractivity contribution in [3.63, 3.8) is 0 Å². The lowest BCUT2D eigenvalue weighted by molar-refractivity contribution is -0.134. The van der Waals surface area contributed by atoms with Crippen molar-refractivity contribution >= 4 is 29.4 Å². The van der Waals surface area contributed by atoms with Crippen molar-refractivity contribution in [3.05, 3.63) is 0 Å². The van der Waals surface area contributed by atoms with E-state index in [2.05, 4.69) is 10.6 Å². The summed E-state index contributed by atoms with van der Waals surface area (Å²) in [5, 5.41) is 4.79. The Hall–Kier alpha value is -1.30. The summed E-state index contributed by atoms with van der Waals surface area (Å²) in [6.45, 7) is 0.784. The van der Waals surface area contributed by atoms with Gasteiger partial charge in [-0.25, -0.2) is 4.79 Å². The lowest BCUT2D eigenvalue weighted by Crippen LogP contribution is -2.59. The van der Waals surface area contributed by atoms with E-state index in [1.807, 2.05) is 0 Å². The molecule has 1 unspecified atom stereocenters. The first-order valence-corrected chi connectivity index (χ1v) is 5.58. The number of nitrogens with one attached hydrogen (secondary N) is 2. The standard InChI is InChI=1S/C9H12ClN3O3/c10-4-6(14)13-3-1-2-9(5-13)7(15)11-8(16)12-9/h1-5H2,(H2,11,12,15,16). The Labute approximate surface area is 97.3 Å². The minimum absolute atomic E-state index is 0.106. The van der Waals surface area contributed by atoms with Crippen LogP contribution in [0.4, 0.5) is 4.79 Å². The summed E-state index contributed by atoms with van der Waals surface area (Å²) in [6, 6.07) is -0.495. The summed E-state index contributed by atoms with van der Waals surface area (Å²) in [6.07, 6.45) is 1.23. The third-order valence-corrected chi connectivity index (χ3v) is 3.20. The molecule has 2 rings (SSSR count). The molecule has 0 aromatic rings. The molecule has 16 heavy (non-hydrogen) atoms. The Morgan fingerprint density at radius 1 is 1.50 bits per heavy atom. The van der Waals surface area contributed by atoms with Gasteiger partial charge in [-0.3, -0.25) is 14.9 Å². The Kier molecular flexibility index (Phi) is 2.75. The first-order chi connectivity index (χ1) is 7.57. The number of nitrogens with zero attached hydrogens (tertiary/aromatic N) is 1. The third-order valence-electron chi connectivity index (χ3n) is 2.97. The lowest BCUT2D eigenvalue weighted by Gasteiger charge is -2.37. The molecular weight excluding hydrogens is 234 g/mol. The quantitative estimate of drug-likeness (QED) is 0.480. The van der Waals surface area contributed by atoms with Crippen LogP contribution >= 0.6 is 11.6 Å². The average Bonchev–Trinajstić information content (AvgIpc) is 2.52. The first-order valence-electron chi connectivity index (χ1n) is 5.05. The average molecular weight is 246 g/mol. The van der Waals surface area contributed by atoms with Crippen molar-refractivity contribution in [1.82, 2.24) is 15.5 Å². The van der Waals surface area contributed by atoms with Crippen LogP contribution in [0.1, 0.15) is 12.8 Å². The van der Waals surface area contributed by atoms with Crippen molar-refractivity contribution in [3.8, 4) is 0 Å². The molecule has 0 saturated carbocycles. The van der Waals surface area contributed by atoms with E-state index < -0.39 is 11.6 Å². The molecule has 1 spiro atoms. The van der Waals surface area contributed by atoms with E-state index in [0.29, 0.717) is 19.4 Å². The predicted molar refractivity (Wildman–Crippen MR) is 55.9 cm³/mol. The van der Waals surface area contributed by atoms with E-state index in [1.54, 1.807) is 0 Å². The van der Waals surface area contributed by atoms with Crippen molar-refractivity contribution in [2.75, 3.05) is 19.0 Å². The number of imide groups is 1. The van der Waals surface area contributed by atoms with Gasteiger partial charge < -0.3 is 10.2 Å². The zero-order valence-corrected chi connectivity index (χ0v) is 9.34. The molecule has 2 saturated heterocycles. The van der Waals surface area contributed by atoms with Gasteiger partial charge in [0.25, 0.3) is 5.91 Å². The maximum absolute atomic E-state index is 11.7. The maximum atomic E-state index is 11.7. The number of urea groups is 1. The minimum atomic E-state index is -0.947. The van der Waals surface area contributed by atoms with E-state index in [9.17, 15) is 14.4 Å². The minimum Gasteiger partial charge on any atom is -0.339 e. The number of alkyl halides is 1. The first kappa shape index (κ1) is 11.2. The molecular formula is C9H12ClN3O3.